The maximum atomic E-state index is 9.64. The smallest absolute Gasteiger partial charge is 0.0689 e. The molecular formula is C11H25NO. The van der Waals surface area contributed by atoms with E-state index in [2.05, 4.69) is 33.0 Å². The molecule has 0 amide bonds. The molecule has 2 heteroatoms. The van der Waals surface area contributed by atoms with Crippen molar-refractivity contribution in [2.45, 2.75) is 46.6 Å². The Hall–Kier alpha value is -0.0800. The molecule has 0 aromatic rings. The van der Waals surface area contributed by atoms with Gasteiger partial charge in [0, 0.05) is 6.54 Å². The fourth-order valence-corrected chi connectivity index (χ4v) is 1.10. The highest BCUT2D eigenvalue weighted by molar-refractivity contribution is 4.66. The summed E-state index contributed by atoms with van der Waals surface area (Å²) in [5, 5.41) is 12.9. The number of hydrogen-bond acceptors (Lipinski definition) is 2. The Kier molecular flexibility index (Phi) is 7.29. The van der Waals surface area contributed by atoms with Crippen LogP contribution >= 0.6 is 0 Å². The van der Waals surface area contributed by atoms with Crippen LogP contribution in [0.15, 0.2) is 0 Å². The lowest BCUT2D eigenvalue weighted by molar-refractivity contribution is 0.112. The number of nitrogens with one attached hydrogen (secondary N) is 1. The Balaban J connectivity index is 3.41. The monoisotopic (exact) mass is 187 g/mol. The van der Waals surface area contributed by atoms with Crippen LogP contribution in [0.2, 0.25) is 0 Å². The van der Waals surface area contributed by atoms with Gasteiger partial charge in [0.2, 0.25) is 0 Å². The number of aliphatic hydroxyl groups excluding tert-OH is 1. The Bertz CT molecular complexity index is 117. The molecule has 13 heavy (non-hydrogen) atoms. The highest BCUT2D eigenvalue weighted by Gasteiger charge is 2.11. The van der Waals surface area contributed by atoms with E-state index in [4.69, 9.17) is 0 Å². The van der Waals surface area contributed by atoms with Gasteiger partial charge in [-0.15, -0.1) is 0 Å². The lowest BCUT2D eigenvalue weighted by Crippen LogP contribution is -2.33. The summed E-state index contributed by atoms with van der Waals surface area (Å²) >= 11 is 0. The third kappa shape index (κ3) is 6.05. The van der Waals surface area contributed by atoms with Crippen LogP contribution < -0.4 is 5.32 Å². The van der Waals surface area contributed by atoms with Gasteiger partial charge < -0.3 is 10.4 Å². The summed E-state index contributed by atoms with van der Waals surface area (Å²) in [7, 11) is 0. The second-order valence-electron chi connectivity index (χ2n) is 4.12. The lowest BCUT2D eigenvalue weighted by Gasteiger charge is -2.18. The Morgan fingerprint density at radius 2 is 1.69 bits per heavy atom. The van der Waals surface area contributed by atoms with E-state index in [1.165, 1.54) is 6.42 Å². The van der Waals surface area contributed by atoms with Gasteiger partial charge in [-0.05, 0) is 18.4 Å². The van der Waals surface area contributed by atoms with E-state index in [0.717, 1.165) is 19.5 Å². The molecule has 0 saturated heterocycles. The second kappa shape index (κ2) is 7.34. The van der Waals surface area contributed by atoms with E-state index in [0.29, 0.717) is 11.8 Å². The first-order valence-electron chi connectivity index (χ1n) is 5.50. The third-order valence-corrected chi connectivity index (χ3v) is 2.84. The molecule has 3 unspecified atom stereocenters. The maximum absolute atomic E-state index is 9.64. The minimum Gasteiger partial charge on any atom is -0.392 e. The quantitative estimate of drug-likeness (QED) is 0.639. The molecule has 0 radical (unpaired) electrons. The minimum atomic E-state index is -0.186. The highest BCUT2D eigenvalue weighted by Crippen LogP contribution is 2.06. The van der Waals surface area contributed by atoms with Crippen LogP contribution in [0.25, 0.3) is 0 Å². The van der Waals surface area contributed by atoms with Gasteiger partial charge >= 0.3 is 0 Å². The standard InChI is InChI=1S/C11H25NO/c1-5-9(3)7-12-8-11(13)10(4)6-2/h9-13H,5-8H2,1-4H3. The van der Waals surface area contributed by atoms with Crippen molar-refractivity contribution in [3.8, 4) is 0 Å². The van der Waals surface area contributed by atoms with Crippen LogP contribution in [-0.2, 0) is 0 Å². The number of hydrogen-bond donors (Lipinski definition) is 2. The summed E-state index contributed by atoms with van der Waals surface area (Å²) < 4.78 is 0. The zero-order chi connectivity index (χ0) is 10.3. The van der Waals surface area contributed by atoms with E-state index in [1.807, 2.05) is 0 Å². The van der Waals surface area contributed by atoms with Gasteiger partial charge in [-0.2, -0.15) is 0 Å². The van der Waals surface area contributed by atoms with E-state index in [-0.39, 0.29) is 6.10 Å². The molecule has 0 saturated carbocycles. The molecule has 0 rings (SSSR count). The number of rotatable bonds is 7. The largest absolute Gasteiger partial charge is 0.392 e. The van der Waals surface area contributed by atoms with Crippen molar-refractivity contribution in [2.24, 2.45) is 11.8 Å². The van der Waals surface area contributed by atoms with Crippen LogP contribution in [0.5, 0.6) is 0 Å². The first kappa shape index (κ1) is 12.9. The van der Waals surface area contributed by atoms with Crippen molar-refractivity contribution in [1.82, 2.24) is 5.32 Å². The summed E-state index contributed by atoms with van der Waals surface area (Å²) in [5.74, 6) is 1.12. The molecular weight excluding hydrogens is 162 g/mol. The maximum Gasteiger partial charge on any atom is 0.0689 e. The van der Waals surface area contributed by atoms with E-state index >= 15 is 0 Å². The Labute approximate surface area is 82.7 Å². The van der Waals surface area contributed by atoms with E-state index in [9.17, 15) is 5.11 Å². The zero-order valence-electron chi connectivity index (χ0n) is 9.51. The van der Waals surface area contributed by atoms with Gasteiger partial charge in [-0.1, -0.05) is 40.5 Å². The van der Waals surface area contributed by atoms with Crippen molar-refractivity contribution >= 4 is 0 Å². The summed E-state index contributed by atoms with van der Waals surface area (Å²) in [6.07, 6.45) is 2.06. The molecule has 0 aliphatic rings. The summed E-state index contributed by atoms with van der Waals surface area (Å²) in [6, 6.07) is 0. The summed E-state index contributed by atoms with van der Waals surface area (Å²) in [5.41, 5.74) is 0. The molecule has 0 spiro atoms. The van der Waals surface area contributed by atoms with Crippen molar-refractivity contribution in [2.75, 3.05) is 13.1 Å². The molecule has 3 atom stereocenters. The highest BCUT2D eigenvalue weighted by atomic mass is 16.3. The first-order chi connectivity index (χ1) is 6.11. The van der Waals surface area contributed by atoms with Crippen molar-refractivity contribution in [1.29, 1.82) is 0 Å². The van der Waals surface area contributed by atoms with Crippen molar-refractivity contribution < 1.29 is 5.11 Å². The lowest BCUT2D eigenvalue weighted by atomic mass is 10.0. The molecule has 0 aliphatic heterocycles. The SMILES string of the molecule is CCC(C)CNCC(O)C(C)CC. The fraction of sp³-hybridized carbons (Fsp3) is 1.00. The molecule has 0 aromatic heterocycles. The van der Waals surface area contributed by atoms with Gasteiger partial charge in [0.05, 0.1) is 6.10 Å². The van der Waals surface area contributed by atoms with Gasteiger partial charge in [0.25, 0.3) is 0 Å². The minimum absolute atomic E-state index is 0.186. The predicted molar refractivity (Wildman–Crippen MR) is 57.8 cm³/mol. The molecule has 2 N–H and O–H groups in total. The summed E-state index contributed by atoms with van der Waals surface area (Å²) in [4.78, 5) is 0. The molecule has 80 valence electrons. The molecule has 0 aliphatic carbocycles. The van der Waals surface area contributed by atoms with Crippen LogP contribution in [0.3, 0.4) is 0 Å². The van der Waals surface area contributed by atoms with Crippen LogP contribution in [0, 0.1) is 11.8 Å². The van der Waals surface area contributed by atoms with E-state index in [1.54, 1.807) is 0 Å². The number of aliphatic hydroxyl groups is 1. The van der Waals surface area contributed by atoms with Crippen molar-refractivity contribution in [3.63, 3.8) is 0 Å². The molecule has 2 nitrogen and oxygen atoms in total. The van der Waals surface area contributed by atoms with Crippen LogP contribution in [0.1, 0.15) is 40.5 Å². The average Bonchev–Trinajstić information content (AvgIpc) is 2.15. The molecule has 0 heterocycles. The van der Waals surface area contributed by atoms with Gasteiger partial charge in [-0.25, -0.2) is 0 Å². The molecule has 0 aromatic carbocycles. The predicted octanol–water partition coefficient (Wildman–Crippen LogP) is 2.03. The first-order valence-corrected chi connectivity index (χ1v) is 5.50. The molecule has 0 bridgehead atoms. The van der Waals surface area contributed by atoms with E-state index < -0.39 is 0 Å². The topological polar surface area (TPSA) is 32.3 Å². The van der Waals surface area contributed by atoms with Crippen molar-refractivity contribution in [3.05, 3.63) is 0 Å². The van der Waals surface area contributed by atoms with Crippen LogP contribution in [0.4, 0.5) is 0 Å². The Morgan fingerprint density at radius 1 is 1.08 bits per heavy atom. The summed E-state index contributed by atoms with van der Waals surface area (Å²) in [6.45, 7) is 10.4. The van der Waals surface area contributed by atoms with Crippen LogP contribution in [-0.4, -0.2) is 24.3 Å². The Morgan fingerprint density at radius 3 is 2.15 bits per heavy atom. The zero-order valence-corrected chi connectivity index (χ0v) is 9.51. The van der Waals surface area contributed by atoms with Gasteiger partial charge in [0.1, 0.15) is 0 Å². The van der Waals surface area contributed by atoms with Gasteiger partial charge in [-0.3, -0.25) is 0 Å². The second-order valence-corrected chi connectivity index (χ2v) is 4.12. The fourth-order valence-electron chi connectivity index (χ4n) is 1.10. The van der Waals surface area contributed by atoms with Gasteiger partial charge in [0.15, 0.2) is 0 Å². The molecule has 0 fully saturated rings. The average molecular weight is 187 g/mol. The third-order valence-electron chi connectivity index (χ3n) is 2.84. The normalized spacial score (nSPS) is 18.2.